The van der Waals surface area contributed by atoms with Crippen LogP contribution in [0.4, 0.5) is 10.7 Å². The van der Waals surface area contributed by atoms with Crippen molar-refractivity contribution in [2.75, 3.05) is 44.2 Å². The Morgan fingerprint density at radius 1 is 0.846 bits per heavy atom. The number of hydrogen-bond acceptors (Lipinski definition) is 9. The van der Waals surface area contributed by atoms with Crippen LogP contribution in [0, 0.1) is 6.92 Å². The normalized spacial score (nSPS) is 18.5. The summed E-state index contributed by atoms with van der Waals surface area (Å²) in [5.41, 5.74) is 5.41. The van der Waals surface area contributed by atoms with E-state index in [1.54, 1.807) is 9.58 Å². The first-order valence-electron chi connectivity index (χ1n) is 18.1. The molecule has 0 spiro atoms. The van der Waals surface area contributed by atoms with Crippen LogP contribution in [-0.2, 0) is 11.3 Å². The predicted molar refractivity (Wildman–Crippen MR) is 201 cm³/mol. The van der Waals surface area contributed by atoms with Crippen LogP contribution in [-0.4, -0.2) is 109 Å². The summed E-state index contributed by atoms with van der Waals surface area (Å²) in [6.45, 7) is 15.9. The monoisotopic (exact) mass is 701 g/mol. The molecule has 0 N–H and O–H groups in total. The van der Waals surface area contributed by atoms with Gasteiger partial charge in [0.05, 0.1) is 34.4 Å². The van der Waals surface area contributed by atoms with E-state index in [4.69, 9.17) is 14.7 Å². The zero-order valence-corrected chi connectivity index (χ0v) is 30.9. The molecule has 12 heteroatoms. The molecule has 3 aromatic carbocycles. The maximum atomic E-state index is 14.1. The van der Waals surface area contributed by atoms with E-state index < -0.39 is 5.60 Å². The zero-order chi connectivity index (χ0) is 36.6. The van der Waals surface area contributed by atoms with Crippen molar-refractivity contribution in [1.82, 2.24) is 39.7 Å². The van der Waals surface area contributed by atoms with E-state index in [2.05, 4.69) is 52.2 Å². The average Bonchev–Trinajstić information content (AvgIpc) is 3.60. The third-order valence-corrected chi connectivity index (χ3v) is 9.76. The molecule has 4 heterocycles. The van der Waals surface area contributed by atoms with Crippen molar-refractivity contribution in [3.8, 4) is 16.9 Å². The van der Waals surface area contributed by atoms with Crippen LogP contribution < -0.4 is 4.90 Å². The van der Waals surface area contributed by atoms with Gasteiger partial charge in [0, 0.05) is 68.8 Å². The fourth-order valence-electron chi connectivity index (χ4n) is 7.13. The minimum Gasteiger partial charge on any atom is -0.444 e. The van der Waals surface area contributed by atoms with Gasteiger partial charge in [0.15, 0.2) is 0 Å². The highest BCUT2D eigenvalue weighted by atomic mass is 16.6. The van der Waals surface area contributed by atoms with Crippen molar-refractivity contribution in [2.45, 2.75) is 65.8 Å². The van der Waals surface area contributed by atoms with Crippen LogP contribution in [0.1, 0.15) is 56.2 Å². The lowest BCUT2D eigenvalue weighted by Crippen LogP contribution is -2.58. The Morgan fingerprint density at radius 3 is 2.25 bits per heavy atom. The van der Waals surface area contributed by atoms with Gasteiger partial charge in [-0.1, -0.05) is 59.8 Å². The summed E-state index contributed by atoms with van der Waals surface area (Å²) in [6.07, 6.45) is 1.62. The Balaban J connectivity index is 1.04. The molecule has 12 nitrogen and oxygen atoms in total. The maximum Gasteiger partial charge on any atom is 0.410 e. The van der Waals surface area contributed by atoms with Crippen molar-refractivity contribution < 1.29 is 14.3 Å². The molecule has 0 bridgehead atoms. The van der Waals surface area contributed by atoms with Gasteiger partial charge in [0.1, 0.15) is 5.60 Å². The van der Waals surface area contributed by atoms with E-state index in [0.29, 0.717) is 63.0 Å². The van der Waals surface area contributed by atoms with Gasteiger partial charge >= 0.3 is 6.09 Å². The van der Waals surface area contributed by atoms with Crippen molar-refractivity contribution in [1.29, 1.82) is 0 Å². The second kappa shape index (κ2) is 14.3. The van der Waals surface area contributed by atoms with Gasteiger partial charge < -0.3 is 19.4 Å². The molecule has 270 valence electrons. The van der Waals surface area contributed by atoms with Crippen LogP contribution in [0.2, 0.25) is 0 Å². The predicted octanol–water partition coefficient (Wildman–Crippen LogP) is 5.98. The molecule has 0 saturated carbocycles. The van der Waals surface area contributed by atoms with Crippen LogP contribution in [0.25, 0.3) is 27.8 Å². The second-order valence-corrected chi connectivity index (χ2v) is 15.0. The average molecular weight is 702 g/mol. The summed E-state index contributed by atoms with van der Waals surface area (Å²) >= 11 is 0. The SMILES string of the molecule is Cc1ccc(C(=O)N2CCN(c3nc(-c4ccccc4)c4ccccc4n3)CC2)c(-n2cc(CN3[C@H](C)CN(C(=O)OC(C)(C)C)C[C@@H]3C)nn2)c1. The van der Waals surface area contributed by atoms with Crippen molar-refractivity contribution >= 4 is 28.9 Å². The molecule has 2 atom stereocenters. The Morgan fingerprint density at radius 2 is 1.54 bits per heavy atom. The van der Waals surface area contributed by atoms with Crippen molar-refractivity contribution in [2.24, 2.45) is 0 Å². The van der Waals surface area contributed by atoms with Crippen LogP contribution in [0.5, 0.6) is 0 Å². The molecule has 2 aliphatic heterocycles. The van der Waals surface area contributed by atoms with Gasteiger partial charge in [-0.25, -0.2) is 19.4 Å². The summed E-state index contributed by atoms with van der Waals surface area (Å²) in [5, 5.41) is 10.0. The highest BCUT2D eigenvalue weighted by molar-refractivity contribution is 5.98. The molecule has 0 aliphatic carbocycles. The van der Waals surface area contributed by atoms with E-state index in [9.17, 15) is 9.59 Å². The number of ether oxygens (including phenoxy) is 1. The third-order valence-electron chi connectivity index (χ3n) is 9.76. The number of rotatable bonds is 6. The van der Waals surface area contributed by atoms with E-state index in [0.717, 1.165) is 33.4 Å². The van der Waals surface area contributed by atoms with Gasteiger partial charge in [0.25, 0.3) is 5.91 Å². The van der Waals surface area contributed by atoms with E-state index >= 15 is 0 Å². The Kier molecular flexibility index (Phi) is 9.67. The lowest BCUT2D eigenvalue weighted by Gasteiger charge is -2.44. The molecule has 52 heavy (non-hydrogen) atoms. The standard InChI is InChI=1S/C40H47N9O3/c1-27-16-17-33(35(22-27)49-26-31(43-44-49)25-48-28(2)23-47(24-29(48)3)39(51)52-40(4,5)6)37(50)45-18-20-46(21-19-45)38-41-34-15-11-10-14-32(34)36(42-38)30-12-8-7-9-13-30/h7-17,22,26,28-29H,18-21,23-25H2,1-6H3/t28-,29+. The molecule has 0 unspecified atom stereocenters. The Hall–Kier alpha value is -5.36. The van der Waals surface area contributed by atoms with Gasteiger partial charge in [-0.05, 0) is 65.3 Å². The quantitative estimate of drug-likeness (QED) is 0.211. The first-order valence-corrected chi connectivity index (χ1v) is 18.1. The number of carbonyl (C=O) groups is 2. The third kappa shape index (κ3) is 7.48. The molecule has 0 radical (unpaired) electrons. The summed E-state index contributed by atoms with van der Waals surface area (Å²) in [5.74, 6) is 0.627. The summed E-state index contributed by atoms with van der Waals surface area (Å²) in [6, 6.07) is 24.3. The lowest BCUT2D eigenvalue weighted by atomic mass is 10.1. The number of carbonyl (C=O) groups excluding carboxylic acids is 2. The molecular weight excluding hydrogens is 654 g/mol. The number of benzene rings is 3. The first-order chi connectivity index (χ1) is 24.9. The number of amides is 2. The first kappa shape index (κ1) is 35.1. The van der Waals surface area contributed by atoms with Crippen LogP contribution in [0.3, 0.4) is 0 Å². The number of nitrogens with zero attached hydrogens (tertiary/aromatic N) is 9. The minimum absolute atomic E-state index is 0.0448. The Labute approximate surface area is 305 Å². The summed E-state index contributed by atoms with van der Waals surface area (Å²) < 4.78 is 7.34. The smallest absolute Gasteiger partial charge is 0.410 e. The molecule has 2 aliphatic rings. The number of aryl methyl sites for hydroxylation is 1. The molecule has 2 fully saturated rings. The lowest BCUT2D eigenvalue weighted by molar-refractivity contribution is -0.00997. The topological polar surface area (TPSA) is 113 Å². The molecule has 2 aromatic heterocycles. The number of piperazine rings is 2. The molecule has 2 saturated heterocycles. The van der Waals surface area contributed by atoms with Crippen LogP contribution >= 0.6 is 0 Å². The van der Waals surface area contributed by atoms with E-state index in [1.807, 2.05) is 93.4 Å². The zero-order valence-electron chi connectivity index (χ0n) is 30.9. The van der Waals surface area contributed by atoms with Gasteiger partial charge in [-0.2, -0.15) is 0 Å². The number of fused-ring (bicyclic) bond motifs is 1. The number of hydrogen-bond donors (Lipinski definition) is 0. The van der Waals surface area contributed by atoms with Gasteiger partial charge in [0.2, 0.25) is 5.95 Å². The van der Waals surface area contributed by atoms with Gasteiger partial charge in [-0.3, -0.25) is 9.69 Å². The fraction of sp³-hybridized carbons (Fsp3) is 0.400. The number of aromatic nitrogens is 5. The van der Waals surface area contributed by atoms with Crippen molar-refractivity contribution in [3.05, 3.63) is 95.8 Å². The highest BCUT2D eigenvalue weighted by Crippen LogP contribution is 2.29. The van der Waals surface area contributed by atoms with E-state index in [1.165, 1.54) is 0 Å². The van der Waals surface area contributed by atoms with E-state index in [-0.39, 0.29) is 24.1 Å². The largest absolute Gasteiger partial charge is 0.444 e. The Bertz CT molecular complexity index is 2060. The molecule has 2 amide bonds. The molecule has 5 aromatic rings. The number of anilines is 1. The molecular formula is C40H47N9O3. The highest BCUT2D eigenvalue weighted by Gasteiger charge is 2.34. The second-order valence-electron chi connectivity index (χ2n) is 15.0. The van der Waals surface area contributed by atoms with Crippen LogP contribution in [0.15, 0.2) is 79.0 Å². The summed E-state index contributed by atoms with van der Waals surface area (Å²) in [7, 11) is 0. The minimum atomic E-state index is -0.538. The maximum absolute atomic E-state index is 14.1. The number of para-hydroxylation sites is 1. The van der Waals surface area contributed by atoms with Crippen molar-refractivity contribution in [3.63, 3.8) is 0 Å². The summed E-state index contributed by atoms with van der Waals surface area (Å²) in [4.78, 5) is 45.0. The van der Waals surface area contributed by atoms with Gasteiger partial charge in [-0.15, -0.1) is 5.10 Å². The molecule has 7 rings (SSSR count). The fourth-order valence-corrected chi connectivity index (χ4v) is 7.13.